The summed E-state index contributed by atoms with van der Waals surface area (Å²) in [5.74, 6) is -2.47. The van der Waals surface area contributed by atoms with Crippen LogP contribution in [0.1, 0.15) is 36.6 Å². The van der Waals surface area contributed by atoms with Crippen LogP contribution in [0.5, 0.6) is 0 Å². The highest BCUT2D eigenvalue weighted by Crippen LogP contribution is 2.51. The second-order valence-corrected chi connectivity index (χ2v) is 6.49. The molecular weight excluding hydrogens is 266 g/mol. The van der Waals surface area contributed by atoms with Crippen molar-refractivity contribution in [3.8, 4) is 11.3 Å². The first-order valence-electron chi connectivity index (χ1n) is 6.63. The van der Waals surface area contributed by atoms with Gasteiger partial charge in [0, 0.05) is 23.3 Å². The minimum absolute atomic E-state index is 0.00657. The third-order valence-electron chi connectivity index (χ3n) is 4.33. The molecule has 19 heavy (non-hydrogen) atoms. The SMILES string of the molecule is FC1(F)CCCC([C@@H]2c3sccc3-c3cncn32)C1. The summed E-state index contributed by atoms with van der Waals surface area (Å²) < 4.78 is 29.5. The van der Waals surface area contributed by atoms with Gasteiger partial charge in [0.05, 0.1) is 24.3 Å². The summed E-state index contributed by atoms with van der Waals surface area (Å²) in [6.07, 6.45) is 5.19. The van der Waals surface area contributed by atoms with Crippen molar-refractivity contribution in [2.24, 2.45) is 5.92 Å². The zero-order chi connectivity index (χ0) is 13.0. The average molecular weight is 280 g/mol. The molecule has 5 heteroatoms. The predicted molar refractivity (Wildman–Crippen MR) is 70.6 cm³/mol. The molecule has 2 nitrogen and oxygen atoms in total. The summed E-state index contributed by atoms with van der Waals surface area (Å²) in [5.41, 5.74) is 2.26. The molecule has 2 aromatic rings. The maximum Gasteiger partial charge on any atom is 0.248 e. The summed E-state index contributed by atoms with van der Waals surface area (Å²) in [4.78, 5) is 5.42. The van der Waals surface area contributed by atoms with Gasteiger partial charge >= 0.3 is 0 Å². The van der Waals surface area contributed by atoms with E-state index in [0.717, 1.165) is 12.1 Å². The van der Waals surface area contributed by atoms with Crippen molar-refractivity contribution in [1.29, 1.82) is 0 Å². The van der Waals surface area contributed by atoms with Crippen molar-refractivity contribution >= 4 is 11.3 Å². The summed E-state index contributed by atoms with van der Waals surface area (Å²) in [5, 5.41) is 2.05. The molecule has 0 amide bonds. The molecule has 2 aromatic heterocycles. The monoisotopic (exact) mass is 280 g/mol. The first-order chi connectivity index (χ1) is 9.16. The molecule has 0 aromatic carbocycles. The molecule has 1 aliphatic heterocycles. The normalized spacial score (nSPS) is 28.1. The second kappa shape index (κ2) is 3.88. The van der Waals surface area contributed by atoms with Crippen molar-refractivity contribution in [2.45, 2.75) is 37.6 Å². The highest BCUT2D eigenvalue weighted by atomic mass is 32.1. The van der Waals surface area contributed by atoms with Gasteiger partial charge in [-0.25, -0.2) is 13.8 Å². The van der Waals surface area contributed by atoms with Crippen molar-refractivity contribution in [3.63, 3.8) is 0 Å². The van der Waals surface area contributed by atoms with E-state index in [0.29, 0.717) is 6.42 Å². The zero-order valence-corrected chi connectivity index (χ0v) is 11.2. The van der Waals surface area contributed by atoms with Gasteiger partial charge < -0.3 is 4.57 Å². The van der Waals surface area contributed by atoms with Gasteiger partial charge in [0.25, 0.3) is 0 Å². The molecule has 1 fully saturated rings. The van der Waals surface area contributed by atoms with Crippen LogP contribution in [0, 0.1) is 5.92 Å². The third-order valence-corrected chi connectivity index (χ3v) is 5.32. The number of imidazole rings is 1. The van der Waals surface area contributed by atoms with Gasteiger partial charge in [0.15, 0.2) is 0 Å². The number of thiophene rings is 1. The molecule has 1 aliphatic carbocycles. The van der Waals surface area contributed by atoms with E-state index in [1.54, 1.807) is 17.7 Å². The molecule has 2 aliphatic rings. The lowest BCUT2D eigenvalue weighted by Gasteiger charge is -2.33. The molecule has 3 heterocycles. The van der Waals surface area contributed by atoms with Crippen LogP contribution in [0.15, 0.2) is 24.0 Å². The zero-order valence-electron chi connectivity index (χ0n) is 10.4. The lowest BCUT2D eigenvalue weighted by atomic mass is 9.81. The van der Waals surface area contributed by atoms with Crippen LogP contribution in [0.2, 0.25) is 0 Å². The van der Waals surface area contributed by atoms with Crippen LogP contribution < -0.4 is 0 Å². The Hall–Kier alpha value is -1.23. The topological polar surface area (TPSA) is 17.8 Å². The fourth-order valence-electron chi connectivity index (χ4n) is 3.54. The maximum atomic E-state index is 13.7. The quantitative estimate of drug-likeness (QED) is 0.759. The molecule has 1 unspecified atom stereocenters. The molecule has 1 saturated carbocycles. The highest BCUT2D eigenvalue weighted by molar-refractivity contribution is 7.10. The van der Waals surface area contributed by atoms with Gasteiger partial charge in [0.2, 0.25) is 5.92 Å². The summed E-state index contributed by atoms with van der Waals surface area (Å²) in [7, 11) is 0. The summed E-state index contributed by atoms with van der Waals surface area (Å²) in [6, 6.07) is 2.15. The van der Waals surface area contributed by atoms with E-state index in [-0.39, 0.29) is 24.8 Å². The highest BCUT2D eigenvalue weighted by Gasteiger charge is 2.43. The van der Waals surface area contributed by atoms with Crippen LogP contribution in [-0.2, 0) is 0 Å². The number of nitrogens with zero attached hydrogens (tertiary/aromatic N) is 2. The number of fused-ring (bicyclic) bond motifs is 3. The molecule has 0 spiro atoms. The van der Waals surface area contributed by atoms with Crippen LogP contribution in [0.3, 0.4) is 0 Å². The van der Waals surface area contributed by atoms with E-state index in [4.69, 9.17) is 0 Å². The molecule has 4 rings (SSSR count). The van der Waals surface area contributed by atoms with Crippen molar-refractivity contribution in [3.05, 3.63) is 28.8 Å². The Bertz CT molecular complexity index is 576. The van der Waals surface area contributed by atoms with E-state index >= 15 is 0 Å². The minimum Gasteiger partial charge on any atom is -0.322 e. The number of hydrogen-bond donors (Lipinski definition) is 0. The Morgan fingerprint density at radius 2 is 2.32 bits per heavy atom. The largest absolute Gasteiger partial charge is 0.322 e. The van der Waals surface area contributed by atoms with Gasteiger partial charge in [-0.3, -0.25) is 0 Å². The Balaban J connectivity index is 1.76. The first-order valence-corrected chi connectivity index (χ1v) is 7.51. The number of rotatable bonds is 1. The third kappa shape index (κ3) is 1.67. The van der Waals surface area contributed by atoms with E-state index < -0.39 is 5.92 Å². The standard InChI is InChI=1S/C14H14F2N2S/c15-14(16)4-1-2-9(6-14)12-13-10(3-5-19-13)11-7-17-8-18(11)12/h3,5,7-9,12H,1-2,4,6H2/t9?,12-/m1/s1. The number of hydrogen-bond acceptors (Lipinski definition) is 2. The first kappa shape index (κ1) is 11.6. The Morgan fingerprint density at radius 3 is 3.16 bits per heavy atom. The molecule has 0 radical (unpaired) electrons. The van der Waals surface area contributed by atoms with E-state index in [1.165, 1.54) is 10.4 Å². The number of alkyl halides is 2. The van der Waals surface area contributed by atoms with Gasteiger partial charge in [-0.2, -0.15) is 0 Å². The van der Waals surface area contributed by atoms with Crippen molar-refractivity contribution in [2.75, 3.05) is 0 Å². The number of halogens is 2. The van der Waals surface area contributed by atoms with E-state index in [1.807, 2.05) is 6.20 Å². The fraction of sp³-hybridized carbons (Fsp3) is 0.500. The minimum atomic E-state index is -2.50. The molecular formula is C14H14F2N2S. The van der Waals surface area contributed by atoms with Gasteiger partial charge in [-0.1, -0.05) is 0 Å². The molecule has 0 saturated heterocycles. The van der Waals surface area contributed by atoms with Gasteiger partial charge in [-0.15, -0.1) is 11.3 Å². The summed E-state index contributed by atoms with van der Waals surface area (Å²) >= 11 is 1.68. The predicted octanol–water partition coefficient (Wildman–Crippen LogP) is 4.34. The van der Waals surface area contributed by atoms with Gasteiger partial charge in [0.1, 0.15) is 0 Å². The number of aromatic nitrogens is 2. The Kier molecular flexibility index (Phi) is 2.37. The smallest absolute Gasteiger partial charge is 0.248 e. The average Bonchev–Trinajstić information content (AvgIpc) is 2.98. The van der Waals surface area contributed by atoms with Crippen molar-refractivity contribution in [1.82, 2.24) is 9.55 Å². The molecule has 0 bridgehead atoms. The molecule has 100 valence electrons. The molecule has 2 atom stereocenters. The van der Waals surface area contributed by atoms with E-state index in [2.05, 4.69) is 21.0 Å². The van der Waals surface area contributed by atoms with Crippen LogP contribution in [0.4, 0.5) is 8.78 Å². The van der Waals surface area contributed by atoms with E-state index in [9.17, 15) is 8.78 Å². The second-order valence-electron chi connectivity index (χ2n) is 5.54. The van der Waals surface area contributed by atoms with Crippen molar-refractivity contribution < 1.29 is 8.78 Å². The van der Waals surface area contributed by atoms with Gasteiger partial charge in [-0.05, 0) is 30.2 Å². The summed E-state index contributed by atoms with van der Waals surface area (Å²) in [6.45, 7) is 0. The van der Waals surface area contributed by atoms with Crippen LogP contribution in [-0.4, -0.2) is 15.5 Å². The van der Waals surface area contributed by atoms with Crippen LogP contribution in [0.25, 0.3) is 11.3 Å². The lowest BCUT2D eigenvalue weighted by Crippen LogP contribution is -2.30. The Morgan fingerprint density at radius 1 is 1.42 bits per heavy atom. The maximum absolute atomic E-state index is 13.7. The Labute approximate surface area is 114 Å². The molecule has 0 N–H and O–H groups in total. The fourth-order valence-corrected chi connectivity index (χ4v) is 4.64. The van der Waals surface area contributed by atoms with Crippen LogP contribution >= 0.6 is 11.3 Å². The lowest BCUT2D eigenvalue weighted by molar-refractivity contribution is -0.0576.